The van der Waals surface area contributed by atoms with Crippen LogP contribution in [0.3, 0.4) is 0 Å². The molecule has 0 saturated heterocycles. The van der Waals surface area contributed by atoms with E-state index < -0.39 is 10.8 Å². The fraction of sp³-hybridized carbons (Fsp3) is 0.0909. The van der Waals surface area contributed by atoms with Gasteiger partial charge in [-0.3, -0.25) is 14.9 Å². The molecule has 2 aromatic carbocycles. The van der Waals surface area contributed by atoms with Crippen LogP contribution in [0.25, 0.3) is 6.08 Å². The smallest absolute Gasteiger partial charge is 0.269 e. The van der Waals surface area contributed by atoms with E-state index in [1.807, 2.05) is 6.07 Å². The van der Waals surface area contributed by atoms with Crippen molar-refractivity contribution in [2.24, 2.45) is 0 Å². The SMILES string of the molecule is N#C/C(=C\c1ccc(COc2ccc([N+](=O)[O-])cc2)o1)C(=O)Nc1ccc2c(c1)OCO2. The minimum atomic E-state index is -0.605. The topological polar surface area (TPSA) is 137 Å². The second-order valence-corrected chi connectivity index (χ2v) is 6.54. The monoisotopic (exact) mass is 433 g/mol. The van der Waals surface area contributed by atoms with Crippen molar-refractivity contribution < 1.29 is 28.3 Å². The van der Waals surface area contributed by atoms with Crippen LogP contribution < -0.4 is 19.5 Å². The van der Waals surface area contributed by atoms with Crippen molar-refractivity contribution in [3.63, 3.8) is 0 Å². The molecule has 1 aromatic heterocycles. The van der Waals surface area contributed by atoms with Crippen LogP contribution >= 0.6 is 0 Å². The number of nitro benzene ring substituents is 1. The highest BCUT2D eigenvalue weighted by Gasteiger charge is 2.16. The van der Waals surface area contributed by atoms with E-state index in [0.29, 0.717) is 34.5 Å². The average Bonchev–Trinajstić information content (AvgIpc) is 3.45. The van der Waals surface area contributed by atoms with Crippen LogP contribution in [0, 0.1) is 21.4 Å². The lowest BCUT2D eigenvalue weighted by atomic mass is 10.2. The molecule has 0 atom stereocenters. The third kappa shape index (κ3) is 4.68. The first-order valence-corrected chi connectivity index (χ1v) is 9.30. The molecule has 0 radical (unpaired) electrons. The van der Waals surface area contributed by atoms with E-state index in [4.69, 9.17) is 18.6 Å². The highest BCUT2D eigenvalue weighted by atomic mass is 16.7. The summed E-state index contributed by atoms with van der Waals surface area (Å²) in [4.78, 5) is 22.6. The van der Waals surface area contributed by atoms with E-state index in [1.165, 1.54) is 30.3 Å². The Bertz CT molecular complexity index is 1240. The van der Waals surface area contributed by atoms with Gasteiger partial charge >= 0.3 is 0 Å². The largest absolute Gasteiger partial charge is 0.486 e. The molecular formula is C22H15N3O7. The molecule has 0 unspecified atom stereocenters. The summed E-state index contributed by atoms with van der Waals surface area (Å²) in [6.45, 7) is 0.182. The predicted molar refractivity (Wildman–Crippen MR) is 111 cm³/mol. The third-order valence-corrected chi connectivity index (χ3v) is 4.39. The normalized spacial score (nSPS) is 12.2. The molecule has 0 bridgehead atoms. The molecular weight excluding hydrogens is 418 g/mol. The quantitative estimate of drug-likeness (QED) is 0.255. The van der Waals surface area contributed by atoms with Crippen LogP contribution in [0.2, 0.25) is 0 Å². The Labute approximate surface area is 181 Å². The molecule has 1 N–H and O–H groups in total. The number of rotatable bonds is 7. The van der Waals surface area contributed by atoms with E-state index in [0.717, 1.165) is 0 Å². The highest BCUT2D eigenvalue weighted by molar-refractivity contribution is 6.09. The standard InChI is InChI=1S/C22H15N3O7/c23-11-14(22(26)24-15-1-8-20-21(10-15)31-13-30-20)9-18-6-7-19(32-18)12-29-17-4-2-16(3-5-17)25(27)28/h1-10H,12-13H2,(H,24,26)/b14-9+. The zero-order valence-corrected chi connectivity index (χ0v) is 16.4. The number of hydrogen-bond acceptors (Lipinski definition) is 8. The van der Waals surface area contributed by atoms with Gasteiger partial charge in [0.25, 0.3) is 11.6 Å². The number of carbonyl (C=O) groups is 1. The van der Waals surface area contributed by atoms with Crippen molar-refractivity contribution in [3.8, 4) is 23.3 Å². The van der Waals surface area contributed by atoms with Gasteiger partial charge in [0.15, 0.2) is 11.5 Å². The molecule has 0 saturated carbocycles. The lowest BCUT2D eigenvalue weighted by Crippen LogP contribution is -2.13. The van der Waals surface area contributed by atoms with Crippen molar-refractivity contribution in [3.05, 3.63) is 81.8 Å². The Morgan fingerprint density at radius 1 is 1.16 bits per heavy atom. The van der Waals surface area contributed by atoms with Crippen LogP contribution in [0.15, 0.2) is 64.6 Å². The molecule has 160 valence electrons. The van der Waals surface area contributed by atoms with Crippen molar-refractivity contribution in [2.75, 3.05) is 12.1 Å². The third-order valence-electron chi connectivity index (χ3n) is 4.39. The summed E-state index contributed by atoms with van der Waals surface area (Å²) in [6, 6.07) is 15.6. The fourth-order valence-corrected chi connectivity index (χ4v) is 2.83. The number of fused-ring (bicyclic) bond motifs is 1. The second kappa shape index (κ2) is 8.93. The maximum Gasteiger partial charge on any atom is 0.269 e. The first-order valence-electron chi connectivity index (χ1n) is 9.30. The molecule has 3 aromatic rings. The van der Waals surface area contributed by atoms with Gasteiger partial charge in [-0.25, -0.2) is 0 Å². The number of hydrogen-bond donors (Lipinski definition) is 1. The van der Waals surface area contributed by atoms with Crippen LogP contribution in [-0.4, -0.2) is 17.6 Å². The van der Waals surface area contributed by atoms with Gasteiger partial charge in [-0.1, -0.05) is 0 Å². The van der Waals surface area contributed by atoms with Crippen molar-refractivity contribution in [2.45, 2.75) is 6.61 Å². The molecule has 0 fully saturated rings. The molecule has 0 aliphatic carbocycles. The van der Waals surface area contributed by atoms with E-state index in [1.54, 1.807) is 30.3 Å². The Kier molecular flexibility index (Phi) is 5.72. The van der Waals surface area contributed by atoms with Gasteiger partial charge < -0.3 is 23.9 Å². The average molecular weight is 433 g/mol. The van der Waals surface area contributed by atoms with Crippen LogP contribution in [0.4, 0.5) is 11.4 Å². The Morgan fingerprint density at radius 2 is 1.94 bits per heavy atom. The number of nitro groups is 1. The molecule has 1 aliphatic heterocycles. The van der Waals surface area contributed by atoms with Crippen LogP contribution in [0.1, 0.15) is 11.5 Å². The summed E-state index contributed by atoms with van der Waals surface area (Å²) in [7, 11) is 0. The lowest BCUT2D eigenvalue weighted by Gasteiger charge is -2.05. The van der Waals surface area contributed by atoms with Crippen molar-refractivity contribution >= 4 is 23.4 Å². The van der Waals surface area contributed by atoms with E-state index in [9.17, 15) is 20.2 Å². The number of ether oxygens (including phenoxy) is 3. The zero-order valence-electron chi connectivity index (χ0n) is 16.4. The van der Waals surface area contributed by atoms with Crippen LogP contribution in [-0.2, 0) is 11.4 Å². The summed E-state index contributed by atoms with van der Waals surface area (Å²) in [5, 5.41) is 22.7. The molecule has 0 spiro atoms. The highest BCUT2D eigenvalue weighted by Crippen LogP contribution is 2.34. The number of carbonyl (C=O) groups excluding carboxylic acids is 1. The maximum absolute atomic E-state index is 12.5. The Hall–Kier alpha value is -4.78. The van der Waals surface area contributed by atoms with Gasteiger partial charge in [0, 0.05) is 30.0 Å². The predicted octanol–water partition coefficient (Wildman–Crippen LogP) is 4.04. The van der Waals surface area contributed by atoms with Crippen LogP contribution in [0.5, 0.6) is 17.2 Å². The number of nitriles is 1. The second-order valence-electron chi connectivity index (χ2n) is 6.54. The van der Waals surface area contributed by atoms with Gasteiger partial charge in [-0.05, 0) is 36.4 Å². The Morgan fingerprint density at radius 3 is 2.69 bits per heavy atom. The fourth-order valence-electron chi connectivity index (χ4n) is 2.83. The summed E-state index contributed by atoms with van der Waals surface area (Å²) < 4.78 is 21.6. The van der Waals surface area contributed by atoms with E-state index in [2.05, 4.69) is 5.32 Å². The first kappa shape index (κ1) is 20.5. The summed E-state index contributed by atoms with van der Waals surface area (Å²) in [5.41, 5.74) is 0.266. The van der Waals surface area contributed by atoms with Crippen molar-refractivity contribution in [1.29, 1.82) is 5.26 Å². The number of anilines is 1. The maximum atomic E-state index is 12.5. The summed E-state index contributed by atoms with van der Waals surface area (Å²) in [5.74, 6) is 1.66. The molecule has 2 heterocycles. The number of furan rings is 1. The van der Waals surface area contributed by atoms with E-state index in [-0.39, 0.29) is 24.7 Å². The van der Waals surface area contributed by atoms with Gasteiger partial charge in [0.05, 0.1) is 4.92 Å². The minimum absolute atomic E-state index is 0.0363. The van der Waals surface area contributed by atoms with Crippen molar-refractivity contribution in [1.82, 2.24) is 0 Å². The zero-order chi connectivity index (χ0) is 22.5. The van der Waals surface area contributed by atoms with Gasteiger partial charge in [0.1, 0.15) is 35.5 Å². The number of nitrogens with one attached hydrogen (secondary N) is 1. The Balaban J connectivity index is 1.38. The lowest BCUT2D eigenvalue weighted by molar-refractivity contribution is -0.384. The minimum Gasteiger partial charge on any atom is -0.486 e. The molecule has 1 amide bonds. The van der Waals surface area contributed by atoms with Gasteiger partial charge in [0.2, 0.25) is 6.79 Å². The van der Waals surface area contributed by atoms with Gasteiger partial charge in [-0.2, -0.15) is 5.26 Å². The number of nitrogens with zero attached hydrogens (tertiary/aromatic N) is 2. The first-order chi connectivity index (χ1) is 15.5. The number of benzene rings is 2. The summed E-state index contributed by atoms with van der Waals surface area (Å²) >= 11 is 0. The number of amides is 1. The molecule has 10 nitrogen and oxygen atoms in total. The van der Waals surface area contributed by atoms with Gasteiger partial charge in [-0.15, -0.1) is 0 Å². The molecule has 1 aliphatic rings. The molecule has 4 rings (SSSR count). The van der Waals surface area contributed by atoms with E-state index >= 15 is 0 Å². The molecule has 32 heavy (non-hydrogen) atoms. The number of non-ortho nitro benzene ring substituents is 1. The molecule has 10 heteroatoms. The summed E-state index contributed by atoms with van der Waals surface area (Å²) in [6.07, 6.45) is 1.32.